The van der Waals surface area contributed by atoms with Crippen LogP contribution in [-0.2, 0) is 16.5 Å². The van der Waals surface area contributed by atoms with Gasteiger partial charge in [-0.25, -0.2) is 0 Å². The molecule has 0 saturated carbocycles. The van der Waals surface area contributed by atoms with Gasteiger partial charge in [-0.3, -0.25) is 13.2 Å². The van der Waals surface area contributed by atoms with Crippen molar-refractivity contribution in [1.29, 1.82) is 0 Å². The Morgan fingerprint density at radius 2 is 0.714 bits per heavy atom. The van der Waals surface area contributed by atoms with Gasteiger partial charge in [0.2, 0.25) is 0 Å². The van der Waals surface area contributed by atoms with E-state index in [1.807, 2.05) is 0 Å². The maximum Gasteiger partial charge on any atom is 0 e. The molecular weight excluding hydrogens is 131 g/mol. The van der Waals surface area contributed by atoms with Gasteiger partial charge in [-0.1, -0.05) is 0 Å². The van der Waals surface area contributed by atoms with E-state index in [1.165, 1.54) is 0 Å². The normalized spacial score (nSPS) is 1.14. The van der Waals surface area contributed by atoms with Crippen LogP contribution in [0.5, 0.6) is 0 Å². The van der Waals surface area contributed by atoms with Crippen LogP contribution < -0.4 is 0 Å². The first-order valence-electron chi connectivity index (χ1n) is 0.816. The molecule has 0 spiro atoms. The molecule has 0 rings (SSSR count). The monoisotopic (exact) mass is 142 g/mol. The van der Waals surface area contributed by atoms with E-state index in [0.29, 0.717) is 0 Å². The molecule has 0 aliphatic carbocycles. The molecule has 0 aliphatic heterocycles. The van der Waals surface area contributed by atoms with Crippen LogP contribution in [0, 0.1) is 28.0 Å². The van der Waals surface area contributed by atoms with E-state index < -0.39 is 0 Å². The van der Waals surface area contributed by atoms with Crippen LogP contribution in [-0.4, -0.2) is 0 Å². The van der Waals surface area contributed by atoms with Gasteiger partial charge in [-0.15, -0.1) is 0 Å². The van der Waals surface area contributed by atoms with E-state index in [-0.39, 0.29) is 31.3 Å². The number of hydrogen-bond donors (Lipinski definition) is 0. The third kappa shape index (κ3) is 134000. The second-order valence-electron chi connectivity index (χ2n) is 0. The third-order valence-corrected chi connectivity index (χ3v) is 0. The molecule has 0 N–H and O–H groups in total. The molecule has 0 fully saturated rings. The minimum atomic E-state index is 0. The number of rotatable bonds is 0. The molecule has 1 heteroatoms. The van der Waals surface area contributed by atoms with Gasteiger partial charge in [0.15, 0.2) is 0 Å². The minimum Gasteiger partial charge on any atom is -0.521 e. The standard InChI is InChI=1S/2C2H3.2CH3.Ni/c2*1-2;;;/h2*1H,2H2;2*1H3;/q4*-1;. The molecule has 0 atom stereocenters. The fourth-order valence-corrected chi connectivity index (χ4v) is 0. The van der Waals surface area contributed by atoms with Crippen LogP contribution in [0.2, 0.25) is 0 Å². The Kier molecular flexibility index (Phi) is 1920000. The fourth-order valence-electron chi connectivity index (χ4n) is 0. The van der Waals surface area contributed by atoms with Crippen molar-refractivity contribution in [3.8, 4) is 0 Å². The number of hydrogen-bond acceptors (Lipinski definition) is 0. The zero-order valence-corrected chi connectivity index (χ0v) is 5.87. The first-order chi connectivity index (χ1) is 2.00. The Balaban J connectivity index is -0.00000000267. The molecule has 0 nitrogen and oxygen atoms in total. The zero-order chi connectivity index (χ0) is 4.00. The molecule has 0 heterocycles. The predicted molar refractivity (Wildman–Crippen MR) is 32.7 cm³/mol. The second kappa shape index (κ2) is 211000. The average molecular weight is 143 g/mol. The molecule has 0 aromatic rings. The first-order valence-corrected chi connectivity index (χ1v) is 0.816. The SMILES string of the molecule is [CH-]=C.[CH-]=C.[CH3-].[CH3-].[Ni]. The summed E-state index contributed by atoms with van der Waals surface area (Å²) < 4.78 is 0. The van der Waals surface area contributed by atoms with Crippen LogP contribution in [0.1, 0.15) is 0 Å². The summed E-state index contributed by atoms with van der Waals surface area (Å²) in [5.74, 6) is 0. The van der Waals surface area contributed by atoms with Gasteiger partial charge in [0, 0.05) is 16.5 Å². The molecular formula is C6H12Ni-4. The fraction of sp³-hybridized carbons (Fsp3) is 0. The zero-order valence-electron chi connectivity index (χ0n) is 4.89. The van der Waals surface area contributed by atoms with Crippen LogP contribution in [0.3, 0.4) is 0 Å². The topological polar surface area (TPSA) is 0 Å². The summed E-state index contributed by atoms with van der Waals surface area (Å²) in [6.45, 7) is 14.0. The third-order valence-electron chi connectivity index (χ3n) is 0. The molecule has 50 valence electrons. The summed E-state index contributed by atoms with van der Waals surface area (Å²) >= 11 is 0. The molecule has 0 unspecified atom stereocenters. The second-order valence-corrected chi connectivity index (χ2v) is 0. The van der Waals surface area contributed by atoms with Crippen LogP contribution in [0.4, 0.5) is 0 Å². The Morgan fingerprint density at radius 3 is 0.714 bits per heavy atom. The van der Waals surface area contributed by atoms with Crippen molar-refractivity contribution in [2.75, 3.05) is 0 Å². The van der Waals surface area contributed by atoms with Gasteiger partial charge in [-0.2, -0.15) is 0 Å². The van der Waals surface area contributed by atoms with Crippen molar-refractivity contribution in [2.24, 2.45) is 0 Å². The van der Waals surface area contributed by atoms with E-state index in [4.69, 9.17) is 0 Å². The van der Waals surface area contributed by atoms with E-state index in [1.54, 1.807) is 0 Å². The average Bonchev–Trinajstić information content (AvgIpc) is 1.50. The summed E-state index contributed by atoms with van der Waals surface area (Å²) in [5, 5.41) is 0. The summed E-state index contributed by atoms with van der Waals surface area (Å²) in [4.78, 5) is 0. The maximum atomic E-state index is 4.25. The minimum absolute atomic E-state index is 0. The van der Waals surface area contributed by atoms with E-state index in [9.17, 15) is 0 Å². The Bertz CT molecular complexity index is 6.14. The van der Waals surface area contributed by atoms with Gasteiger partial charge < -0.3 is 28.0 Å². The van der Waals surface area contributed by atoms with Crippen molar-refractivity contribution in [3.63, 3.8) is 0 Å². The van der Waals surface area contributed by atoms with E-state index >= 15 is 0 Å². The predicted octanol–water partition coefficient (Wildman–Crippen LogP) is 2.11. The molecule has 0 amide bonds. The van der Waals surface area contributed by atoms with Crippen LogP contribution in [0.15, 0.2) is 13.2 Å². The van der Waals surface area contributed by atoms with Crippen molar-refractivity contribution in [1.82, 2.24) is 0 Å². The summed E-state index contributed by atoms with van der Waals surface area (Å²) in [7, 11) is 0. The Hall–Kier alpha value is -0.0265. The van der Waals surface area contributed by atoms with Gasteiger partial charge in [0.1, 0.15) is 0 Å². The van der Waals surface area contributed by atoms with E-state index in [0.717, 1.165) is 0 Å². The first kappa shape index (κ1) is 63.9. The van der Waals surface area contributed by atoms with Gasteiger partial charge in [0.25, 0.3) is 0 Å². The van der Waals surface area contributed by atoms with Crippen LogP contribution >= 0.6 is 0 Å². The van der Waals surface area contributed by atoms with Crippen molar-refractivity contribution in [2.45, 2.75) is 0 Å². The Morgan fingerprint density at radius 1 is 0.714 bits per heavy atom. The van der Waals surface area contributed by atoms with Crippen molar-refractivity contribution in [3.05, 3.63) is 41.2 Å². The molecule has 0 bridgehead atoms. The van der Waals surface area contributed by atoms with Crippen molar-refractivity contribution < 1.29 is 16.5 Å². The Labute approximate surface area is 58.2 Å². The van der Waals surface area contributed by atoms with Crippen LogP contribution in [0.25, 0.3) is 0 Å². The molecule has 0 radical (unpaired) electrons. The summed E-state index contributed by atoms with van der Waals surface area (Å²) in [6.07, 6.45) is 0. The van der Waals surface area contributed by atoms with Gasteiger partial charge in [0.05, 0.1) is 0 Å². The molecule has 0 aromatic carbocycles. The summed E-state index contributed by atoms with van der Waals surface area (Å²) in [5.41, 5.74) is 0. The maximum absolute atomic E-state index is 4.25. The van der Waals surface area contributed by atoms with Gasteiger partial charge in [-0.05, 0) is 0 Å². The summed E-state index contributed by atoms with van der Waals surface area (Å²) in [6, 6.07) is 0. The van der Waals surface area contributed by atoms with Gasteiger partial charge >= 0.3 is 0 Å². The largest absolute Gasteiger partial charge is 0.521 e. The molecule has 0 aromatic heterocycles. The molecule has 0 saturated heterocycles. The smallest absolute Gasteiger partial charge is 0 e. The van der Waals surface area contributed by atoms with E-state index in [2.05, 4.69) is 26.3 Å². The quantitative estimate of drug-likeness (QED) is 0.359. The molecule has 7 heavy (non-hydrogen) atoms. The van der Waals surface area contributed by atoms with Crippen molar-refractivity contribution >= 4 is 0 Å². The molecule has 0 aliphatic rings.